The molecule has 4 N–H and O–H groups in total. The van der Waals surface area contributed by atoms with Crippen molar-refractivity contribution in [2.75, 3.05) is 0 Å². The number of hydrogen-bond acceptors (Lipinski definition) is 4. The first-order valence-electron chi connectivity index (χ1n) is 6.88. The Labute approximate surface area is 112 Å². The van der Waals surface area contributed by atoms with Crippen molar-refractivity contribution in [3.8, 4) is 5.88 Å². The number of fused-ring (bicyclic) bond motifs is 1. The Kier molecular flexibility index (Phi) is 3.14. The molecule has 1 aromatic heterocycles. The summed E-state index contributed by atoms with van der Waals surface area (Å²) in [6.45, 7) is 0. The molecule has 0 radical (unpaired) electrons. The van der Waals surface area contributed by atoms with Gasteiger partial charge in [-0.3, -0.25) is 4.79 Å². The maximum atomic E-state index is 11.5. The average molecular weight is 261 g/mol. The minimum atomic E-state index is -0.473. The number of carbonyl (C=O) groups is 1. The van der Waals surface area contributed by atoms with E-state index in [1.165, 1.54) is 0 Å². The van der Waals surface area contributed by atoms with Gasteiger partial charge < -0.3 is 16.2 Å². The molecule has 102 valence electrons. The largest absolute Gasteiger partial charge is 0.474 e. The predicted octanol–water partition coefficient (Wildman–Crippen LogP) is 0.928. The maximum absolute atomic E-state index is 11.5. The molecular weight excluding hydrogens is 242 g/mol. The normalized spacial score (nSPS) is 25.3. The fourth-order valence-electron chi connectivity index (χ4n) is 2.74. The van der Waals surface area contributed by atoms with Crippen LogP contribution in [0.15, 0.2) is 6.07 Å². The highest BCUT2D eigenvalue weighted by atomic mass is 16.5. The minimum Gasteiger partial charge on any atom is -0.474 e. The third kappa shape index (κ3) is 2.42. The first-order chi connectivity index (χ1) is 9.13. The summed E-state index contributed by atoms with van der Waals surface area (Å²) in [5.74, 6) is -0.0791. The van der Waals surface area contributed by atoms with E-state index in [4.69, 9.17) is 16.2 Å². The van der Waals surface area contributed by atoms with Crippen LogP contribution < -0.4 is 16.2 Å². The summed E-state index contributed by atoms with van der Waals surface area (Å²) >= 11 is 0. The van der Waals surface area contributed by atoms with Gasteiger partial charge in [-0.1, -0.05) is 0 Å². The van der Waals surface area contributed by atoms with Gasteiger partial charge in [-0.2, -0.15) is 0 Å². The molecule has 2 aliphatic carbocycles. The lowest BCUT2D eigenvalue weighted by Gasteiger charge is -2.32. The SMILES string of the molecule is NC(=O)c1cc2c(nc1OC1CC(N)C1)CCCC2. The van der Waals surface area contributed by atoms with Gasteiger partial charge in [0.2, 0.25) is 5.88 Å². The van der Waals surface area contributed by atoms with Crippen molar-refractivity contribution in [2.45, 2.75) is 50.7 Å². The summed E-state index contributed by atoms with van der Waals surface area (Å²) in [6.07, 6.45) is 5.91. The van der Waals surface area contributed by atoms with Gasteiger partial charge in [-0.25, -0.2) is 4.98 Å². The zero-order valence-electron chi connectivity index (χ0n) is 10.9. The molecule has 5 nitrogen and oxygen atoms in total. The molecule has 2 aliphatic rings. The fraction of sp³-hybridized carbons (Fsp3) is 0.571. The van der Waals surface area contributed by atoms with E-state index in [0.717, 1.165) is 49.8 Å². The van der Waals surface area contributed by atoms with Crippen LogP contribution in [0.1, 0.15) is 47.3 Å². The third-order valence-electron chi connectivity index (χ3n) is 3.94. The van der Waals surface area contributed by atoms with Crippen LogP contribution in [0.2, 0.25) is 0 Å². The van der Waals surface area contributed by atoms with Crippen molar-refractivity contribution in [1.29, 1.82) is 0 Å². The van der Waals surface area contributed by atoms with Crippen LogP contribution in [0.5, 0.6) is 5.88 Å². The molecule has 19 heavy (non-hydrogen) atoms. The van der Waals surface area contributed by atoms with E-state index in [9.17, 15) is 4.79 Å². The second-order valence-corrected chi connectivity index (χ2v) is 5.49. The number of carbonyl (C=O) groups excluding carboxylic acids is 1. The number of aryl methyl sites for hydroxylation is 2. The highest BCUT2D eigenvalue weighted by Gasteiger charge is 2.30. The second-order valence-electron chi connectivity index (χ2n) is 5.49. The smallest absolute Gasteiger partial charge is 0.254 e. The van der Waals surface area contributed by atoms with Crippen LogP contribution >= 0.6 is 0 Å². The zero-order valence-corrected chi connectivity index (χ0v) is 10.9. The van der Waals surface area contributed by atoms with Gasteiger partial charge in [0.15, 0.2) is 0 Å². The number of ether oxygens (including phenoxy) is 1. The van der Waals surface area contributed by atoms with E-state index in [-0.39, 0.29) is 12.1 Å². The van der Waals surface area contributed by atoms with Gasteiger partial charge in [-0.15, -0.1) is 0 Å². The quantitative estimate of drug-likeness (QED) is 0.846. The first kappa shape index (κ1) is 12.4. The first-order valence-corrected chi connectivity index (χ1v) is 6.88. The van der Waals surface area contributed by atoms with E-state index >= 15 is 0 Å². The fourth-order valence-corrected chi connectivity index (χ4v) is 2.74. The lowest BCUT2D eigenvalue weighted by Crippen LogP contribution is -2.43. The molecule has 0 bridgehead atoms. The molecule has 1 saturated carbocycles. The summed E-state index contributed by atoms with van der Waals surface area (Å²) in [6, 6.07) is 2.07. The monoisotopic (exact) mass is 261 g/mol. The Hall–Kier alpha value is -1.62. The summed E-state index contributed by atoms with van der Waals surface area (Å²) in [5, 5.41) is 0. The molecule has 0 aliphatic heterocycles. The van der Waals surface area contributed by atoms with Crippen molar-refractivity contribution >= 4 is 5.91 Å². The highest BCUT2D eigenvalue weighted by Crippen LogP contribution is 2.29. The summed E-state index contributed by atoms with van der Waals surface area (Å²) < 4.78 is 5.79. The van der Waals surface area contributed by atoms with Crippen LogP contribution in [-0.2, 0) is 12.8 Å². The van der Waals surface area contributed by atoms with Crippen LogP contribution in [0.25, 0.3) is 0 Å². The van der Waals surface area contributed by atoms with E-state index in [0.29, 0.717) is 11.4 Å². The Morgan fingerprint density at radius 2 is 2.05 bits per heavy atom. The van der Waals surface area contributed by atoms with E-state index in [2.05, 4.69) is 4.98 Å². The van der Waals surface area contributed by atoms with Gasteiger partial charge >= 0.3 is 0 Å². The van der Waals surface area contributed by atoms with Crippen molar-refractivity contribution in [1.82, 2.24) is 4.98 Å². The van der Waals surface area contributed by atoms with Gasteiger partial charge in [0.25, 0.3) is 5.91 Å². The topological polar surface area (TPSA) is 91.2 Å². The highest BCUT2D eigenvalue weighted by molar-refractivity contribution is 5.95. The number of aromatic nitrogens is 1. The summed E-state index contributed by atoms with van der Waals surface area (Å²) in [5.41, 5.74) is 13.8. The lowest BCUT2D eigenvalue weighted by molar-refractivity contribution is 0.0893. The lowest BCUT2D eigenvalue weighted by atomic mass is 9.90. The molecule has 0 spiro atoms. The molecule has 3 rings (SSSR count). The van der Waals surface area contributed by atoms with Crippen molar-refractivity contribution < 1.29 is 9.53 Å². The molecular formula is C14H19N3O2. The van der Waals surface area contributed by atoms with Crippen molar-refractivity contribution in [3.05, 3.63) is 22.9 Å². The molecule has 1 amide bonds. The van der Waals surface area contributed by atoms with Crippen LogP contribution in [0, 0.1) is 0 Å². The molecule has 1 fully saturated rings. The average Bonchev–Trinajstić information content (AvgIpc) is 2.36. The Morgan fingerprint density at radius 3 is 2.74 bits per heavy atom. The van der Waals surface area contributed by atoms with Crippen LogP contribution in [0.4, 0.5) is 0 Å². The maximum Gasteiger partial charge on any atom is 0.254 e. The second kappa shape index (κ2) is 4.81. The summed E-state index contributed by atoms with van der Waals surface area (Å²) in [7, 11) is 0. The number of pyridine rings is 1. The number of primary amides is 1. The number of hydrogen-bond donors (Lipinski definition) is 2. The zero-order chi connectivity index (χ0) is 13.4. The van der Waals surface area contributed by atoms with Gasteiger partial charge in [0.1, 0.15) is 11.7 Å². The molecule has 0 saturated heterocycles. The summed E-state index contributed by atoms with van der Waals surface area (Å²) in [4.78, 5) is 16.1. The number of rotatable bonds is 3. The minimum absolute atomic E-state index is 0.0715. The molecule has 1 aromatic rings. The Bertz CT molecular complexity index is 510. The number of amides is 1. The van der Waals surface area contributed by atoms with Crippen LogP contribution in [0.3, 0.4) is 0 Å². The standard InChI is InChI=1S/C14H19N3O2/c15-9-6-10(7-9)19-14-11(13(16)18)5-8-3-1-2-4-12(8)17-14/h5,9-10H,1-4,6-7,15H2,(H2,16,18). The molecule has 0 atom stereocenters. The van der Waals surface area contributed by atoms with Crippen molar-refractivity contribution in [3.63, 3.8) is 0 Å². The Balaban J connectivity index is 1.89. The number of nitrogens with zero attached hydrogens (tertiary/aromatic N) is 1. The molecule has 0 unspecified atom stereocenters. The Morgan fingerprint density at radius 1 is 1.32 bits per heavy atom. The van der Waals surface area contributed by atoms with E-state index in [1.807, 2.05) is 6.07 Å². The molecule has 0 aromatic carbocycles. The van der Waals surface area contributed by atoms with Crippen LogP contribution in [-0.4, -0.2) is 23.0 Å². The molecule has 1 heterocycles. The van der Waals surface area contributed by atoms with Gasteiger partial charge in [0, 0.05) is 11.7 Å². The number of nitrogens with two attached hydrogens (primary N) is 2. The van der Waals surface area contributed by atoms with E-state index < -0.39 is 5.91 Å². The van der Waals surface area contributed by atoms with Gasteiger partial charge in [0.05, 0.1) is 0 Å². The predicted molar refractivity (Wildman–Crippen MR) is 71.0 cm³/mol. The van der Waals surface area contributed by atoms with Crippen molar-refractivity contribution in [2.24, 2.45) is 11.5 Å². The molecule has 5 heteroatoms. The van der Waals surface area contributed by atoms with Gasteiger partial charge in [-0.05, 0) is 50.2 Å². The third-order valence-corrected chi connectivity index (χ3v) is 3.94. The van der Waals surface area contributed by atoms with E-state index in [1.54, 1.807) is 0 Å².